The lowest BCUT2D eigenvalue weighted by atomic mass is 10.3. The van der Waals surface area contributed by atoms with Gasteiger partial charge in [-0.1, -0.05) is 11.8 Å². The van der Waals surface area contributed by atoms with E-state index in [1.165, 1.54) is 23.9 Å². The van der Waals surface area contributed by atoms with Gasteiger partial charge in [-0.3, -0.25) is 4.57 Å². The molecule has 0 aliphatic heterocycles. The molecule has 21 heavy (non-hydrogen) atoms. The second kappa shape index (κ2) is 7.51. The summed E-state index contributed by atoms with van der Waals surface area (Å²) < 4.78 is 14.8. The molecule has 114 valence electrons. The summed E-state index contributed by atoms with van der Waals surface area (Å²) in [4.78, 5) is 0. The van der Waals surface area contributed by atoms with E-state index in [0.717, 1.165) is 5.69 Å². The standard InChI is InChI=1S/C13H17FN4O2S/c14-9-1-3-10(4-2-9)18-12(5-6-15)16-17-13(18)21-8-11(20)7-19/h1-4,11,19-20H,5-8,15H2. The van der Waals surface area contributed by atoms with Crippen molar-refractivity contribution in [1.82, 2.24) is 14.8 Å². The van der Waals surface area contributed by atoms with E-state index < -0.39 is 6.10 Å². The number of nitrogens with two attached hydrogens (primary N) is 1. The fourth-order valence-corrected chi connectivity index (χ4v) is 2.64. The van der Waals surface area contributed by atoms with Gasteiger partial charge in [-0.05, 0) is 30.8 Å². The molecule has 0 saturated heterocycles. The third-order valence-corrected chi connectivity index (χ3v) is 3.84. The summed E-state index contributed by atoms with van der Waals surface area (Å²) >= 11 is 1.27. The molecular formula is C13H17FN4O2S. The molecule has 1 aromatic heterocycles. The number of thioether (sulfide) groups is 1. The van der Waals surface area contributed by atoms with Gasteiger partial charge >= 0.3 is 0 Å². The number of aliphatic hydroxyl groups excluding tert-OH is 2. The SMILES string of the molecule is NCCc1nnc(SCC(O)CO)n1-c1ccc(F)cc1. The van der Waals surface area contributed by atoms with Gasteiger partial charge in [0.15, 0.2) is 5.16 Å². The largest absolute Gasteiger partial charge is 0.394 e. The van der Waals surface area contributed by atoms with Crippen molar-refractivity contribution in [2.24, 2.45) is 5.73 Å². The Bertz CT molecular complexity index is 576. The lowest BCUT2D eigenvalue weighted by Gasteiger charge is -2.11. The van der Waals surface area contributed by atoms with Gasteiger partial charge in [-0.15, -0.1) is 10.2 Å². The van der Waals surface area contributed by atoms with Crippen molar-refractivity contribution in [2.75, 3.05) is 18.9 Å². The highest BCUT2D eigenvalue weighted by molar-refractivity contribution is 7.99. The quantitative estimate of drug-likeness (QED) is 0.639. The Labute approximate surface area is 125 Å². The summed E-state index contributed by atoms with van der Waals surface area (Å²) in [5, 5.41) is 27.0. The van der Waals surface area contributed by atoms with Crippen molar-refractivity contribution >= 4 is 11.8 Å². The van der Waals surface area contributed by atoms with Crippen molar-refractivity contribution in [3.63, 3.8) is 0 Å². The van der Waals surface area contributed by atoms with Gasteiger partial charge in [0.2, 0.25) is 0 Å². The van der Waals surface area contributed by atoms with Crippen LogP contribution < -0.4 is 5.73 Å². The topological polar surface area (TPSA) is 97.2 Å². The average molecular weight is 312 g/mol. The number of aliphatic hydroxyl groups is 2. The van der Waals surface area contributed by atoms with Crippen LogP contribution in [0, 0.1) is 5.82 Å². The summed E-state index contributed by atoms with van der Waals surface area (Å²) in [6.07, 6.45) is -0.292. The molecule has 2 aromatic rings. The molecule has 0 fully saturated rings. The maximum absolute atomic E-state index is 13.1. The maximum Gasteiger partial charge on any atom is 0.195 e. The molecule has 0 aliphatic carbocycles. The van der Waals surface area contributed by atoms with Crippen LogP contribution in [0.25, 0.3) is 5.69 Å². The zero-order valence-corrected chi connectivity index (χ0v) is 12.1. The Morgan fingerprint density at radius 1 is 1.29 bits per heavy atom. The molecule has 0 spiro atoms. The first-order valence-corrected chi connectivity index (χ1v) is 7.46. The lowest BCUT2D eigenvalue weighted by molar-refractivity contribution is 0.113. The second-order valence-electron chi connectivity index (χ2n) is 4.40. The van der Waals surface area contributed by atoms with Crippen LogP contribution in [0.2, 0.25) is 0 Å². The summed E-state index contributed by atoms with van der Waals surface area (Å²) in [6, 6.07) is 5.98. The highest BCUT2D eigenvalue weighted by Gasteiger charge is 2.15. The molecule has 2 rings (SSSR count). The van der Waals surface area contributed by atoms with Crippen LogP contribution in [-0.2, 0) is 6.42 Å². The number of rotatable bonds is 7. The first kappa shape index (κ1) is 15.9. The third kappa shape index (κ3) is 4.01. The smallest absolute Gasteiger partial charge is 0.195 e. The van der Waals surface area contributed by atoms with Crippen molar-refractivity contribution in [1.29, 1.82) is 0 Å². The van der Waals surface area contributed by atoms with E-state index in [1.54, 1.807) is 16.7 Å². The molecule has 0 amide bonds. The van der Waals surface area contributed by atoms with Gasteiger partial charge in [-0.25, -0.2) is 4.39 Å². The van der Waals surface area contributed by atoms with E-state index in [-0.39, 0.29) is 12.4 Å². The van der Waals surface area contributed by atoms with Crippen LogP contribution in [0.15, 0.2) is 29.4 Å². The zero-order chi connectivity index (χ0) is 15.2. The fourth-order valence-electron chi connectivity index (χ4n) is 1.76. The highest BCUT2D eigenvalue weighted by atomic mass is 32.2. The molecule has 1 aromatic carbocycles. The Balaban J connectivity index is 2.30. The summed E-state index contributed by atoms with van der Waals surface area (Å²) in [5.41, 5.74) is 6.29. The van der Waals surface area contributed by atoms with E-state index in [2.05, 4.69) is 10.2 Å². The molecule has 4 N–H and O–H groups in total. The molecule has 8 heteroatoms. The van der Waals surface area contributed by atoms with Crippen LogP contribution >= 0.6 is 11.8 Å². The summed E-state index contributed by atoms with van der Waals surface area (Å²) in [5.74, 6) is 0.639. The normalized spacial score (nSPS) is 12.6. The van der Waals surface area contributed by atoms with Gasteiger partial charge < -0.3 is 15.9 Å². The van der Waals surface area contributed by atoms with E-state index in [4.69, 9.17) is 10.8 Å². The first-order valence-electron chi connectivity index (χ1n) is 6.47. The minimum Gasteiger partial charge on any atom is -0.394 e. The van der Waals surface area contributed by atoms with Crippen LogP contribution in [0.1, 0.15) is 5.82 Å². The van der Waals surface area contributed by atoms with E-state index in [1.807, 2.05) is 0 Å². The highest BCUT2D eigenvalue weighted by Crippen LogP contribution is 2.23. The monoisotopic (exact) mass is 312 g/mol. The summed E-state index contributed by atoms with van der Waals surface area (Å²) in [6.45, 7) is 0.108. The van der Waals surface area contributed by atoms with Crippen LogP contribution in [-0.4, -0.2) is 50.0 Å². The van der Waals surface area contributed by atoms with Crippen molar-refractivity contribution in [2.45, 2.75) is 17.7 Å². The van der Waals surface area contributed by atoms with Crippen molar-refractivity contribution < 1.29 is 14.6 Å². The van der Waals surface area contributed by atoms with Crippen LogP contribution in [0.3, 0.4) is 0 Å². The molecule has 1 heterocycles. The second-order valence-corrected chi connectivity index (χ2v) is 5.38. The molecule has 1 unspecified atom stereocenters. The number of hydrogen-bond acceptors (Lipinski definition) is 6. The Morgan fingerprint density at radius 2 is 2.00 bits per heavy atom. The van der Waals surface area contributed by atoms with Crippen molar-refractivity contribution in [3.8, 4) is 5.69 Å². The molecular weight excluding hydrogens is 295 g/mol. The van der Waals surface area contributed by atoms with Gasteiger partial charge in [-0.2, -0.15) is 0 Å². The lowest BCUT2D eigenvalue weighted by Crippen LogP contribution is -2.15. The van der Waals surface area contributed by atoms with Gasteiger partial charge in [0.05, 0.1) is 12.7 Å². The Kier molecular flexibility index (Phi) is 5.68. The Morgan fingerprint density at radius 3 is 2.62 bits per heavy atom. The van der Waals surface area contributed by atoms with Gasteiger partial charge in [0, 0.05) is 17.9 Å². The predicted octanol–water partition coefficient (Wildman–Crippen LogP) is 0.353. The van der Waals surface area contributed by atoms with E-state index >= 15 is 0 Å². The molecule has 1 atom stereocenters. The zero-order valence-electron chi connectivity index (χ0n) is 11.3. The number of halogens is 1. The number of nitrogens with zero attached hydrogens (tertiary/aromatic N) is 3. The minimum absolute atomic E-state index is 0.290. The average Bonchev–Trinajstić information content (AvgIpc) is 2.89. The Hall–Kier alpha value is -1.48. The first-order chi connectivity index (χ1) is 10.2. The third-order valence-electron chi connectivity index (χ3n) is 2.77. The van der Waals surface area contributed by atoms with E-state index in [0.29, 0.717) is 29.7 Å². The molecule has 6 nitrogen and oxygen atoms in total. The minimum atomic E-state index is -0.827. The molecule has 0 radical (unpaired) electrons. The van der Waals surface area contributed by atoms with E-state index in [9.17, 15) is 9.50 Å². The predicted molar refractivity (Wildman–Crippen MR) is 77.9 cm³/mol. The maximum atomic E-state index is 13.1. The van der Waals surface area contributed by atoms with Gasteiger partial charge in [0.25, 0.3) is 0 Å². The number of aromatic nitrogens is 3. The van der Waals surface area contributed by atoms with Crippen LogP contribution in [0.4, 0.5) is 4.39 Å². The molecule has 0 saturated carbocycles. The molecule has 0 aliphatic rings. The number of benzene rings is 1. The number of hydrogen-bond donors (Lipinski definition) is 3. The molecule has 0 bridgehead atoms. The van der Waals surface area contributed by atoms with Gasteiger partial charge in [0.1, 0.15) is 11.6 Å². The van der Waals surface area contributed by atoms with Crippen molar-refractivity contribution in [3.05, 3.63) is 35.9 Å². The van der Waals surface area contributed by atoms with Crippen LogP contribution in [0.5, 0.6) is 0 Å². The fraction of sp³-hybridized carbons (Fsp3) is 0.385. The summed E-state index contributed by atoms with van der Waals surface area (Å²) in [7, 11) is 0.